The molecule has 6 N–H and O–H groups in total. The summed E-state index contributed by atoms with van der Waals surface area (Å²) in [5.41, 5.74) is -0.261. The number of amidine groups is 1. The molecule has 13 heteroatoms. The number of nitrogens with one attached hydrogen (secondary N) is 4. The molecule has 1 heterocycles. The molecular formula is C16H21BrFN7O3S. The first-order valence-electron chi connectivity index (χ1n) is 8.38. The van der Waals surface area contributed by atoms with E-state index < -0.39 is 11.4 Å². The van der Waals surface area contributed by atoms with Crippen molar-refractivity contribution in [2.24, 2.45) is 5.16 Å². The van der Waals surface area contributed by atoms with E-state index >= 15 is 0 Å². The summed E-state index contributed by atoms with van der Waals surface area (Å²) in [5, 5.41) is 46.2. The van der Waals surface area contributed by atoms with Crippen LogP contribution in [0.2, 0.25) is 0 Å². The van der Waals surface area contributed by atoms with E-state index in [9.17, 15) is 14.7 Å². The Labute approximate surface area is 178 Å². The first kappa shape index (κ1) is 22.9. The lowest BCUT2D eigenvalue weighted by Crippen LogP contribution is -2.44. The van der Waals surface area contributed by atoms with Crippen molar-refractivity contribution in [2.75, 3.05) is 24.2 Å². The van der Waals surface area contributed by atoms with E-state index in [2.05, 4.69) is 47.3 Å². The number of hydrogen-bond acceptors (Lipinski definition) is 8. The zero-order valence-electron chi connectivity index (χ0n) is 15.7. The molecule has 29 heavy (non-hydrogen) atoms. The van der Waals surface area contributed by atoms with Crippen LogP contribution in [0, 0.1) is 11.2 Å². The molecule has 0 radical (unpaired) electrons. The fraction of sp³-hybridized carbons (Fsp3) is 0.375. The van der Waals surface area contributed by atoms with E-state index in [-0.39, 0.29) is 28.5 Å². The zero-order valence-corrected chi connectivity index (χ0v) is 18.1. The number of anilines is 1. The maximum Gasteiger partial charge on any atom is 0.202 e. The normalized spacial score (nSPS) is 12.0. The summed E-state index contributed by atoms with van der Waals surface area (Å²) in [5.74, 6) is 0.161. The van der Waals surface area contributed by atoms with Gasteiger partial charge in [0.15, 0.2) is 16.7 Å². The average Bonchev–Trinajstić information content (AvgIpc) is 3.12. The molecule has 2 rings (SSSR count). The number of thioether (sulfide) groups is 1. The molecule has 0 spiro atoms. The molecule has 0 saturated heterocycles. The van der Waals surface area contributed by atoms with Crippen LogP contribution in [-0.4, -0.2) is 56.9 Å². The van der Waals surface area contributed by atoms with Gasteiger partial charge in [0, 0.05) is 24.5 Å². The van der Waals surface area contributed by atoms with Gasteiger partial charge < -0.3 is 26.3 Å². The molecule has 0 unspecified atom stereocenters. The van der Waals surface area contributed by atoms with Gasteiger partial charge >= 0.3 is 0 Å². The van der Waals surface area contributed by atoms with Crippen LogP contribution in [0.3, 0.4) is 0 Å². The van der Waals surface area contributed by atoms with Crippen molar-refractivity contribution in [3.63, 3.8) is 0 Å². The predicted octanol–water partition coefficient (Wildman–Crippen LogP) is 2.20. The highest BCUT2D eigenvalue weighted by atomic mass is 79.9. The van der Waals surface area contributed by atoms with Crippen molar-refractivity contribution in [1.29, 1.82) is 5.41 Å². The van der Waals surface area contributed by atoms with Gasteiger partial charge in [-0.3, -0.25) is 5.41 Å². The summed E-state index contributed by atoms with van der Waals surface area (Å²) in [6.45, 7) is 3.95. The molecule has 10 nitrogen and oxygen atoms in total. The van der Waals surface area contributed by atoms with Crippen molar-refractivity contribution in [3.05, 3.63) is 34.2 Å². The Bertz CT molecular complexity index is 872. The van der Waals surface area contributed by atoms with E-state index in [1.165, 1.54) is 30.0 Å². The number of oxime groups is 1. The third-order valence-electron chi connectivity index (χ3n) is 3.31. The van der Waals surface area contributed by atoms with Crippen LogP contribution in [0.25, 0.3) is 0 Å². The largest absolute Gasteiger partial charge is 0.409 e. The van der Waals surface area contributed by atoms with Crippen LogP contribution in [-0.2, 0) is 0 Å². The highest BCUT2D eigenvalue weighted by Crippen LogP contribution is 2.23. The minimum Gasteiger partial charge on any atom is -0.409 e. The molecule has 0 aliphatic rings. The molecule has 0 bridgehead atoms. The first-order valence-corrected chi connectivity index (χ1v) is 10.2. The number of guanidine groups is 1. The lowest BCUT2D eigenvalue weighted by molar-refractivity contribution is 0.0846. The summed E-state index contributed by atoms with van der Waals surface area (Å²) < 4.78 is 18.3. The van der Waals surface area contributed by atoms with Crippen molar-refractivity contribution >= 4 is 45.2 Å². The Morgan fingerprint density at radius 3 is 2.79 bits per heavy atom. The minimum absolute atomic E-state index is 0.0141. The van der Waals surface area contributed by atoms with Crippen molar-refractivity contribution in [3.8, 4) is 0 Å². The maximum atomic E-state index is 13.4. The number of halogens is 2. The summed E-state index contributed by atoms with van der Waals surface area (Å²) in [4.78, 5) is 0. The lowest BCUT2D eigenvalue weighted by atomic mass is 10.1. The number of aromatic nitrogens is 2. The number of nitrogens with zero attached hydrogens (tertiary/aromatic N) is 3. The Kier molecular flexibility index (Phi) is 8.22. The number of rotatable bonds is 8. The Morgan fingerprint density at radius 2 is 2.14 bits per heavy atom. The Hall–Kier alpha value is -2.38. The predicted molar refractivity (Wildman–Crippen MR) is 111 cm³/mol. The molecular weight excluding hydrogens is 469 g/mol. The van der Waals surface area contributed by atoms with Gasteiger partial charge in [0.1, 0.15) is 5.82 Å². The van der Waals surface area contributed by atoms with Crippen LogP contribution in [0.4, 0.5) is 10.1 Å². The second-order valence-electron chi connectivity index (χ2n) is 6.44. The van der Waals surface area contributed by atoms with Gasteiger partial charge in [-0.15, -0.1) is 0 Å². The summed E-state index contributed by atoms with van der Waals surface area (Å²) >= 11 is 4.36. The highest BCUT2D eigenvalue weighted by molar-refractivity contribution is 9.10. The van der Waals surface area contributed by atoms with Gasteiger partial charge in [-0.25, -0.2) is 9.02 Å². The van der Waals surface area contributed by atoms with Crippen molar-refractivity contribution < 1.29 is 19.3 Å². The number of hydrogen-bond donors (Lipinski definition) is 6. The summed E-state index contributed by atoms with van der Waals surface area (Å²) in [7, 11) is 0. The average molecular weight is 490 g/mol. The lowest BCUT2D eigenvalue weighted by Gasteiger charge is -2.19. The van der Waals surface area contributed by atoms with E-state index in [1.807, 2.05) is 0 Å². The van der Waals surface area contributed by atoms with Crippen LogP contribution >= 0.6 is 27.7 Å². The van der Waals surface area contributed by atoms with Gasteiger partial charge in [0.25, 0.3) is 0 Å². The zero-order chi connectivity index (χ0) is 21.4. The van der Waals surface area contributed by atoms with Crippen LogP contribution < -0.4 is 16.0 Å². The molecule has 0 fully saturated rings. The second kappa shape index (κ2) is 10.4. The molecule has 2 aromatic rings. The number of benzene rings is 1. The second-order valence-corrected chi connectivity index (χ2v) is 8.37. The van der Waals surface area contributed by atoms with Gasteiger partial charge in [0.2, 0.25) is 5.84 Å². The minimum atomic E-state index is -0.919. The van der Waals surface area contributed by atoms with Crippen LogP contribution in [0.5, 0.6) is 0 Å². The summed E-state index contributed by atoms with van der Waals surface area (Å²) in [6.07, 6.45) is 0. The molecule has 1 aromatic carbocycles. The highest BCUT2D eigenvalue weighted by Gasteiger charge is 2.18. The standard InChI is InChI=1S/C16H21BrFN7O3S/c1-16(2,26)8-21-15(19)20-5-6-29-14-12(24-28-25-14)13(23-27)22-9-3-4-11(18)10(17)7-9/h3-4,7,26-27H,5-6,8H2,1-2H3,(H,22,23)(H3,19,20,21). The Morgan fingerprint density at radius 1 is 1.38 bits per heavy atom. The Balaban J connectivity index is 1.89. The molecule has 0 atom stereocenters. The van der Waals surface area contributed by atoms with Gasteiger partial charge in [0.05, 0.1) is 10.1 Å². The smallest absolute Gasteiger partial charge is 0.202 e. The fourth-order valence-electron chi connectivity index (χ4n) is 1.95. The molecule has 1 aromatic heterocycles. The third kappa shape index (κ3) is 7.51. The SMILES string of the molecule is CC(C)(O)CNC(=N)NCCSc1nonc1/C(=N/O)Nc1ccc(F)c(Br)c1. The van der Waals surface area contributed by atoms with Crippen LogP contribution in [0.1, 0.15) is 19.5 Å². The van der Waals surface area contributed by atoms with E-state index in [0.29, 0.717) is 23.0 Å². The third-order valence-corrected chi connectivity index (χ3v) is 4.86. The molecule has 0 amide bonds. The van der Waals surface area contributed by atoms with Crippen molar-refractivity contribution in [2.45, 2.75) is 24.5 Å². The van der Waals surface area contributed by atoms with Gasteiger partial charge in [-0.2, -0.15) is 0 Å². The quantitative estimate of drug-likeness (QED) is 0.0817. The molecule has 158 valence electrons. The van der Waals surface area contributed by atoms with Gasteiger partial charge in [-0.1, -0.05) is 16.9 Å². The molecule has 0 aliphatic carbocycles. The first-order chi connectivity index (χ1) is 13.7. The molecule has 0 aliphatic heterocycles. The van der Waals surface area contributed by atoms with E-state index in [4.69, 9.17) is 10.0 Å². The fourth-order valence-corrected chi connectivity index (χ4v) is 3.09. The maximum absolute atomic E-state index is 13.4. The topological polar surface area (TPSA) is 152 Å². The number of aliphatic hydroxyl groups is 1. The van der Waals surface area contributed by atoms with E-state index in [1.54, 1.807) is 13.8 Å². The molecule has 0 saturated carbocycles. The van der Waals surface area contributed by atoms with Crippen molar-refractivity contribution in [1.82, 2.24) is 20.9 Å². The van der Waals surface area contributed by atoms with Crippen LogP contribution in [0.15, 0.2) is 37.5 Å². The van der Waals surface area contributed by atoms with E-state index in [0.717, 1.165) is 0 Å². The monoisotopic (exact) mass is 489 g/mol. The van der Waals surface area contributed by atoms with Gasteiger partial charge in [-0.05, 0) is 58.3 Å². The summed E-state index contributed by atoms with van der Waals surface area (Å²) in [6, 6.07) is 4.21.